The smallest absolute Gasteiger partial charge is 0.338 e. The van der Waals surface area contributed by atoms with Gasteiger partial charge in [0.1, 0.15) is 18.2 Å². The van der Waals surface area contributed by atoms with Crippen molar-refractivity contribution in [2.75, 3.05) is 19.0 Å². The lowest BCUT2D eigenvalue weighted by Gasteiger charge is -2.14. The van der Waals surface area contributed by atoms with Gasteiger partial charge in [0.05, 0.1) is 18.4 Å². The van der Waals surface area contributed by atoms with Gasteiger partial charge in [-0.05, 0) is 66.4 Å². The van der Waals surface area contributed by atoms with E-state index >= 15 is 0 Å². The summed E-state index contributed by atoms with van der Waals surface area (Å²) in [5.41, 5.74) is 3.01. The van der Waals surface area contributed by atoms with Gasteiger partial charge in [-0.2, -0.15) is 0 Å². The molecule has 3 aromatic carbocycles. The van der Waals surface area contributed by atoms with Crippen LogP contribution < -0.4 is 10.6 Å². The van der Waals surface area contributed by atoms with Gasteiger partial charge in [-0.1, -0.05) is 6.07 Å². The number of halogens is 2. The molecule has 0 aromatic heterocycles. The molecule has 0 bridgehead atoms. The fraction of sp³-hybridized carbons (Fsp3) is 0.185. The third-order valence-corrected chi connectivity index (χ3v) is 5.95. The maximum atomic E-state index is 14.0. The number of carbonyl (C=O) groups is 4. The molecule has 0 aliphatic heterocycles. The van der Waals surface area contributed by atoms with Gasteiger partial charge in [0, 0.05) is 22.9 Å². The van der Waals surface area contributed by atoms with Crippen LogP contribution in [0.25, 0.3) is 0 Å². The molecule has 0 heterocycles. The van der Waals surface area contributed by atoms with Gasteiger partial charge < -0.3 is 20.1 Å². The number of nitrogens with one attached hydrogen (secondary N) is 2. The fourth-order valence-corrected chi connectivity index (χ4v) is 4.04. The van der Waals surface area contributed by atoms with E-state index in [0.29, 0.717) is 36.1 Å². The molecule has 0 saturated heterocycles. The number of aryl methyl sites for hydroxylation is 2. The second kappa shape index (κ2) is 11.0. The number of ketones is 1. The predicted molar refractivity (Wildman–Crippen MR) is 129 cm³/mol. The molecule has 0 saturated carbocycles. The summed E-state index contributed by atoms with van der Waals surface area (Å²) in [6.07, 6.45) is 1.34. The van der Waals surface area contributed by atoms with E-state index in [-0.39, 0.29) is 17.0 Å². The summed E-state index contributed by atoms with van der Waals surface area (Å²) in [6.45, 7) is -0.442. The van der Waals surface area contributed by atoms with Crippen LogP contribution in [-0.4, -0.2) is 43.9 Å². The quantitative estimate of drug-likeness (QED) is 0.354. The van der Waals surface area contributed by atoms with Crippen molar-refractivity contribution < 1.29 is 37.4 Å². The zero-order chi connectivity index (χ0) is 26.5. The number of fused-ring (bicyclic) bond motifs is 2. The molecule has 1 aliphatic rings. The molecular formula is C27H22F2N2O6. The summed E-state index contributed by atoms with van der Waals surface area (Å²) >= 11 is 0. The maximum absolute atomic E-state index is 14.0. The molecule has 1 aliphatic carbocycles. The molecule has 8 nitrogen and oxygen atoms in total. The topological polar surface area (TPSA) is 111 Å². The average Bonchev–Trinajstić information content (AvgIpc) is 3.03. The number of amides is 1. The Morgan fingerprint density at radius 1 is 1.00 bits per heavy atom. The van der Waals surface area contributed by atoms with Crippen LogP contribution in [0.4, 0.5) is 20.2 Å². The Morgan fingerprint density at radius 2 is 1.78 bits per heavy atom. The highest BCUT2D eigenvalue weighted by atomic mass is 19.1. The molecule has 0 fully saturated rings. The first-order chi connectivity index (χ1) is 17.8. The molecule has 10 heteroatoms. The Hall–Kier alpha value is -4.60. The van der Waals surface area contributed by atoms with Gasteiger partial charge in [-0.15, -0.1) is 0 Å². The number of methoxy groups -OCH3 is 1. The molecule has 0 spiro atoms. The minimum absolute atomic E-state index is 0.102. The van der Waals surface area contributed by atoms with Crippen molar-refractivity contribution in [1.29, 1.82) is 0 Å². The Balaban J connectivity index is 1.53. The van der Waals surface area contributed by atoms with Gasteiger partial charge in [0.25, 0.3) is 0 Å². The fourth-order valence-electron chi connectivity index (χ4n) is 4.04. The van der Waals surface area contributed by atoms with E-state index in [9.17, 15) is 28.0 Å². The summed E-state index contributed by atoms with van der Waals surface area (Å²) in [7, 11) is 1.14. The van der Waals surface area contributed by atoms with Crippen LogP contribution in [0.5, 0.6) is 0 Å². The second-order valence-corrected chi connectivity index (χ2v) is 8.28. The van der Waals surface area contributed by atoms with E-state index in [2.05, 4.69) is 15.4 Å². The Morgan fingerprint density at radius 3 is 2.51 bits per heavy atom. The SMILES string of the molecule is COC(=O)C(COC(=O)c1ccc2c(c1)C(=O)c1ccc(Nc3ccc(F)cc3F)cc1CC2)NC=O. The number of ether oxygens (including phenoxy) is 2. The predicted octanol–water partition coefficient (Wildman–Crippen LogP) is 3.48. The first kappa shape index (κ1) is 25.5. The number of benzene rings is 3. The highest BCUT2D eigenvalue weighted by Gasteiger charge is 2.25. The third-order valence-electron chi connectivity index (χ3n) is 5.95. The molecule has 3 aromatic rings. The third kappa shape index (κ3) is 5.64. The molecule has 37 heavy (non-hydrogen) atoms. The zero-order valence-corrected chi connectivity index (χ0v) is 19.7. The van der Waals surface area contributed by atoms with Gasteiger partial charge in [-0.3, -0.25) is 9.59 Å². The lowest BCUT2D eigenvalue weighted by atomic mass is 9.96. The van der Waals surface area contributed by atoms with Crippen LogP contribution in [0.2, 0.25) is 0 Å². The van der Waals surface area contributed by atoms with E-state index in [0.717, 1.165) is 30.4 Å². The van der Waals surface area contributed by atoms with Crippen molar-refractivity contribution in [3.63, 3.8) is 0 Å². The first-order valence-electron chi connectivity index (χ1n) is 11.3. The van der Waals surface area contributed by atoms with Crippen molar-refractivity contribution >= 4 is 35.5 Å². The zero-order valence-electron chi connectivity index (χ0n) is 19.7. The first-order valence-corrected chi connectivity index (χ1v) is 11.3. The van der Waals surface area contributed by atoms with Gasteiger partial charge in [-0.25, -0.2) is 18.4 Å². The van der Waals surface area contributed by atoms with Crippen molar-refractivity contribution in [1.82, 2.24) is 5.32 Å². The van der Waals surface area contributed by atoms with Crippen LogP contribution in [0.15, 0.2) is 54.6 Å². The maximum Gasteiger partial charge on any atom is 0.338 e. The molecule has 190 valence electrons. The van der Waals surface area contributed by atoms with E-state index in [1.807, 2.05) is 0 Å². The van der Waals surface area contributed by atoms with Gasteiger partial charge >= 0.3 is 11.9 Å². The Kier molecular flexibility index (Phi) is 7.57. The summed E-state index contributed by atoms with van der Waals surface area (Å²) < 4.78 is 36.9. The van der Waals surface area contributed by atoms with Gasteiger partial charge in [0.15, 0.2) is 11.8 Å². The minimum atomic E-state index is -1.16. The number of carbonyl (C=O) groups excluding carboxylic acids is 4. The number of esters is 2. The van der Waals surface area contributed by atoms with Crippen LogP contribution in [0.1, 0.15) is 37.4 Å². The van der Waals surface area contributed by atoms with Crippen LogP contribution in [0.3, 0.4) is 0 Å². The minimum Gasteiger partial charge on any atom is -0.467 e. The molecule has 0 radical (unpaired) electrons. The van der Waals surface area contributed by atoms with E-state index in [4.69, 9.17) is 4.74 Å². The van der Waals surface area contributed by atoms with Crippen molar-refractivity contribution in [2.24, 2.45) is 0 Å². The summed E-state index contributed by atoms with van der Waals surface area (Å²) in [6, 6.07) is 11.7. The number of rotatable bonds is 8. The molecule has 2 N–H and O–H groups in total. The summed E-state index contributed by atoms with van der Waals surface area (Å²) in [4.78, 5) is 48.3. The molecule has 1 atom stereocenters. The summed E-state index contributed by atoms with van der Waals surface area (Å²) in [5, 5.41) is 5.11. The molecule has 1 unspecified atom stereocenters. The van der Waals surface area contributed by atoms with Crippen molar-refractivity contribution in [3.8, 4) is 0 Å². The molecule has 1 amide bonds. The second-order valence-electron chi connectivity index (χ2n) is 8.28. The average molecular weight is 508 g/mol. The number of anilines is 2. The molecular weight excluding hydrogens is 486 g/mol. The van der Waals surface area contributed by atoms with E-state index in [1.54, 1.807) is 24.3 Å². The Bertz CT molecular complexity index is 1390. The summed E-state index contributed by atoms with van der Waals surface area (Å²) in [5.74, 6) is -3.26. The lowest BCUT2D eigenvalue weighted by molar-refractivity contribution is -0.145. The number of hydrogen-bond acceptors (Lipinski definition) is 7. The van der Waals surface area contributed by atoms with Crippen LogP contribution in [-0.2, 0) is 31.9 Å². The normalized spacial score (nSPS) is 12.9. The van der Waals surface area contributed by atoms with E-state index < -0.39 is 36.2 Å². The highest BCUT2D eigenvalue weighted by molar-refractivity contribution is 6.12. The van der Waals surface area contributed by atoms with Crippen molar-refractivity contribution in [2.45, 2.75) is 18.9 Å². The Labute approximate surface area is 210 Å². The van der Waals surface area contributed by atoms with Crippen LogP contribution >= 0.6 is 0 Å². The van der Waals surface area contributed by atoms with Crippen molar-refractivity contribution in [3.05, 3.63) is 94.0 Å². The van der Waals surface area contributed by atoms with Gasteiger partial charge in [0.2, 0.25) is 6.41 Å². The molecule has 4 rings (SSSR count). The highest BCUT2D eigenvalue weighted by Crippen LogP contribution is 2.29. The monoisotopic (exact) mass is 508 g/mol. The van der Waals surface area contributed by atoms with Crippen LogP contribution in [0, 0.1) is 11.6 Å². The lowest BCUT2D eigenvalue weighted by Crippen LogP contribution is -2.41. The largest absolute Gasteiger partial charge is 0.467 e. The standard InChI is InChI=1S/C27H22F2N2O6/c1-36-27(35)24(30-14-32)13-37-26(34)17-5-3-15-2-4-16-10-19(7-8-20(16)25(33)21(15)11-17)31-23-9-6-18(28)12-22(23)29/h3,5-12,14,24,31H,2,4,13H2,1H3,(H,30,32). The van der Waals surface area contributed by atoms with E-state index in [1.165, 1.54) is 18.2 Å². The number of hydrogen-bond donors (Lipinski definition) is 2.